The maximum absolute atomic E-state index is 12.1. The van der Waals surface area contributed by atoms with Crippen LogP contribution < -0.4 is 5.32 Å². The summed E-state index contributed by atoms with van der Waals surface area (Å²) in [7, 11) is 1.93. The predicted molar refractivity (Wildman–Crippen MR) is 82.5 cm³/mol. The number of amides is 1. The molecule has 2 rings (SSSR count). The van der Waals surface area contributed by atoms with Crippen molar-refractivity contribution in [2.45, 2.75) is 44.7 Å². The standard InChI is InChI=1S/C17H23N3O/c1-14-7-3-4-8-15(14)11-20(2)12-16(21)19-17(13-18)9-5-6-10-17/h3-4,7-8H,5-6,9-12H2,1-2H3,(H,19,21). The molecule has 1 fully saturated rings. The fraction of sp³-hybridized carbons (Fsp3) is 0.529. The number of hydrogen-bond donors (Lipinski definition) is 1. The number of carbonyl (C=O) groups is 1. The van der Waals surface area contributed by atoms with Gasteiger partial charge in [-0.15, -0.1) is 0 Å². The second-order valence-corrected chi connectivity index (χ2v) is 6.05. The Balaban J connectivity index is 1.88. The first-order valence-corrected chi connectivity index (χ1v) is 7.50. The van der Waals surface area contributed by atoms with Crippen LogP contribution in [-0.4, -0.2) is 29.9 Å². The highest BCUT2D eigenvalue weighted by atomic mass is 16.2. The van der Waals surface area contributed by atoms with Crippen molar-refractivity contribution >= 4 is 5.91 Å². The predicted octanol–water partition coefficient (Wildman–Crippen LogP) is 2.38. The van der Waals surface area contributed by atoms with E-state index in [-0.39, 0.29) is 5.91 Å². The molecule has 1 aromatic rings. The summed E-state index contributed by atoms with van der Waals surface area (Å²) in [6.07, 6.45) is 3.59. The molecule has 21 heavy (non-hydrogen) atoms. The summed E-state index contributed by atoms with van der Waals surface area (Å²) < 4.78 is 0. The summed E-state index contributed by atoms with van der Waals surface area (Å²) in [6.45, 7) is 3.13. The first-order chi connectivity index (χ1) is 10.0. The van der Waals surface area contributed by atoms with E-state index in [2.05, 4.69) is 30.4 Å². The Morgan fingerprint density at radius 2 is 2.05 bits per heavy atom. The van der Waals surface area contributed by atoms with Gasteiger partial charge in [0.25, 0.3) is 0 Å². The summed E-state index contributed by atoms with van der Waals surface area (Å²) in [4.78, 5) is 14.1. The Kier molecular flexibility index (Phi) is 4.98. The van der Waals surface area contributed by atoms with Gasteiger partial charge in [-0.05, 0) is 50.8 Å². The van der Waals surface area contributed by atoms with Crippen LogP contribution in [0.4, 0.5) is 0 Å². The monoisotopic (exact) mass is 285 g/mol. The molecule has 0 saturated heterocycles. The minimum atomic E-state index is -0.624. The average molecular weight is 285 g/mol. The molecule has 0 heterocycles. The Morgan fingerprint density at radius 3 is 2.67 bits per heavy atom. The molecule has 1 amide bonds. The van der Waals surface area contributed by atoms with Gasteiger partial charge < -0.3 is 5.32 Å². The number of aryl methyl sites for hydroxylation is 1. The third-order valence-corrected chi connectivity index (χ3v) is 4.16. The lowest BCUT2D eigenvalue weighted by Gasteiger charge is -2.24. The molecule has 0 bridgehead atoms. The summed E-state index contributed by atoms with van der Waals surface area (Å²) >= 11 is 0. The number of nitrogens with one attached hydrogen (secondary N) is 1. The number of nitrogens with zero attached hydrogens (tertiary/aromatic N) is 2. The van der Waals surface area contributed by atoms with Gasteiger partial charge in [-0.2, -0.15) is 5.26 Å². The van der Waals surface area contributed by atoms with E-state index in [0.717, 1.165) is 32.2 Å². The second kappa shape index (κ2) is 6.73. The maximum Gasteiger partial charge on any atom is 0.235 e. The van der Waals surface area contributed by atoms with Crippen LogP contribution in [0.15, 0.2) is 24.3 Å². The van der Waals surface area contributed by atoms with Gasteiger partial charge in [0.1, 0.15) is 5.54 Å². The summed E-state index contributed by atoms with van der Waals surface area (Å²) in [5, 5.41) is 12.2. The lowest BCUT2D eigenvalue weighted by atomic mass is 10.00. The van der Waals surface area contributed by atoms with Crippen LogP contribution in [-0.2, 0) is 11.3 Å². The van der Waals surface area contributed by atoms with Crippen LogP contribution in [0.5, 0.6) is 0 Å². The number of hydrogen-bond acceptors (Lipinski definition) is 3. The lowest BCUT2D eigenvalue weighted by molar-refractivity contribution is -0.123. The molecule has 1 saturated carbocycles. The summed E-state index contributed by atoms with van der Waals surface area (Å²) in [5.41, 5.74) is 1.83. The third kappa shape index (κ3) is 4.05. The van der Waals surface area contributed by atoms with E-state index in [0.29, 0.717) is 6.54 Å². The van der Waals surface area contributed by atoms with E-state index in [4.69, 9.17) is 0 Å². The second-order valence-electron chi connectivity index (χ2n) is 6.05. The first kappa shape index (κ1) is 15.5. The quantitative estimate of drug-likeness (QED) is 0.903. The van der Waals surface area contributed by atoms with Crippen molar-refractivity contribution in [3.05, 3.63) is 35.4 Å². The number of benzene rings is 1. The molecule has 0 spiro atoms. The molecule has 1 aliphatic carbocycles. The topological polar surface area (TPSA) is 56.1 Å². The van der Waals surface area contributed by atoms with Gasteiger partial charge in [0.05, 0.1) is 12.6 Å². The van der Waals surface area contributed by atoms with Gasteiger partial charge in [-0.3, -0.25) is 9.69 Å². The Labute approximate surface area is 126 Å². The SMILES string of the molecule is Cc1ccccc1CN(C)CC(=O)NC1(C#N)CCCC1. The molecule has 4 heteroatoms. The minimum absolute atomic E-state index is 0.0606. The number of likely N-dealkylation sites (N-methyl/N-ethyl adjacent to an activating group) is 1. The van der Waals surface area contributed by atoms with E-state index < -0.39 is 5.54 Å². The van der Waals surface area contributed by atoms with Crippen LogP contribution in [0.3, 0.4) is 0 Å². The van der Waals surface area contributed by atoms with Gasteiger partial charge in [0.2, 0.25) is 5.91 Å². The Bertz CT molecular complexity index is 541. The van der Waals surface area contributed by atoms with Crippen molar-refractivity contribution in [1.82, 2.24) is 10.2 Å². The van der Waals surface area contributed by atoms with Crippen LogP contribution in [0, 0.1) is 18.3 Å². The molecule has 0 atom stereocenters. The highest BCUT2D eigenvalue weighted by Gasteiger charge is 2.35. The van der Waals surface area contributed by atoms with E-state index in [1.165, 1.54) is 11.1 Å². The third-order valence-electron chi connectivity index (χ3n) is 4.16. The zero-order valence-electron chi connectivity index (χ0n) is 12.9. The van der Waals surface area contributed by atoms with Gasteiger partial charge in [0.15, 0.2) is 0 Å². The normalized spacial score (nSPS) is 16.7. The minimum Gasteiger partial charge on any atom is -0.337 e. The molecule has 1 N–H and O–H groups in total. The van der Waals surface area contributed by atoms with E-state index >= 15 is 0 Å². The fourth-order valence-corrected chi connectivity index (χ4v) is 2.93. The molecule has 0 aromatic heterocycles. The zero-order valence-corrected chi connectivity index (χ0v) is 12.9. The zero-order chi connectivity index (χ0) is 15.3. The van der Waals surface area contributed by atoms with E-state index in [1.54, 1.807) is 0 Å². The van der Waals surface area contributed by atoms with Crippen LogP contribution in [0.2, 0.25) is 0 Å². The lowest BCUT2D eigenvalue weighted by Crippen LogP contribution is -2.48. The molecular weight excluding hydrogens is 262 g/mol. The Morgan fingerprint density at radius 1 is 1.38 bits per heavy atom. The smallest absolute Gasteiger partial charge is 0.235 e. The van der Waals surface area contributed by atoms with Crippen molar-refractivity contribution in [3.63, 3.8) is 0 Å². The van der Waals surface area contributed by atoms with Crippen molar-refractivity contribution in [2.75, 3.05) is 13.6 Å². The van der Waals surface area contributed by atoms with Crippen LogP contribution >= 0.6 is 0 Å². The van der Waals surface area contributed by atoms with Crippen molar-refractivity contribution < 1.29 is 4.79 Å². The summed E-state index contributed by atoms with van der Waals surface area (Å²) in [6, 6.07) is 10.5. The Hall–Kier alpha value is -1.86. The largest absolute Gasteiger partial charge is 0.337 e. The number of nitriles is 1. The molecule has 112 valence electrons. The van der Waals surface area contributed by atoms with Gasteiger partial charge in [-0.1, -0.05) is 24.3 Å². The maximum atomic E-state index is 12.1. The van der Waals surface area contributed by atoms with Gasteiger partial charge >= 0.3 is 0 Å². The highest BCUT2D eigenvalue weighted by Crippen LogP contribution is 2.28. The molecule has 0 aliphatic heterocycles. The van der Waals surface area contributed by atoms with E-state index in [1.807, 2.05) is 24.1 Å². The van der Waals surface area contributed by atoms with Crippen LogP contribution in [0.1, 0.15) is 36.8 Å². The number of carbonyl (C=O) groups excluding carboxylic acids is 1. The number of rotatable bonds is 5. The first-order valence-electron chi connectivity index (χ1n) is 7.50. The van der Waals surface area contributed by atoms with Gasteiger partial charge in [0, 0.05) is 6.54 Å². The van der Waals surface area contributed by atoms with E-state index in [9.17, 15) is 10.1 Å². The van der Waals surface area contributed by atoms with Crippen molar-refractivity contribution in [1.29, 1.82) is 5.26 Å². The molecule has 0 radical (unpaired) electrons. The molecule has 1 aromatic carbocycles. The molecular formula is C17H23N3O. The molecule has 4 nitrogen and oxygen atoms in total. The van der Waals surface area contributed by atoms with Crippen molar-refractivity contribution in [2.24, 2.45) is 0 Å². The molecule has 1 aliphatic rings. The molecule has 0 unspecified atom stereocenters. The fourth-order valence-electron chi connectivity index (χ4n) is 2.93. The van der Waals surface area contributed by atoms with Crippen LogP contribution in [0.25, 0.3) is 0 Å². The summed E-state index contributed by atoms with van der Waals surface area (Å²) in [5.74, 6) is -0.0606. The highest BCUT2D eigenvalue weighted by molar-refractivity contribution is 5.79. The van der Waals surface area contributed by atoms with Crippen molar-refractivity contribution in [3.8, 4) is 6.07 Å². The average Bonchev–Trinajstić information content (AvgIpc) is 2.90. The van der Waals surface area contributed by atoms with Gasteiger partial charge in [-0.25, -0.2) is 0 Å².